The van der Waals surface area contributed by atoms with Gasteiger partial charge in [-0.1, -0.05) is 13.0 Å². The first kappa shape index (κ1) is 12.4. The normalized spacial score (nSPS) is 21.9. The molecule has 0 bridgehead atoms. The molecule has 1 fully saturated rings. The average molecular weight is 237 g/mol. The van der Waals surface area contributed by atoms with Crippen molar-refractivity contribution in [1.29, 1.82) is 0 Å². The van der Waals surface area contributed by atoms with Gasteiger partial charge in [0.15, 0.2) is 0 Å². The summed E-state index contributed by atoms with van der Waals surface area (Å²) in [5, 5.41) is 9.74. The van der Waals surface area contributed by atoms with Crippen LogP contribution in [0.3, 0.4) is 0 Å². The summed E-state index contributed by atoms with van der Waals surface area (Å²) < 4.78 is 13.8. The highest BCUT2D eigenvalue weighted by Gasteiger charge is 2.27. The minimum Gasteiger partial charge on any atom is -0.389 e. The summed E-state index contributed by atoms with van der Waals surface area (Å²) in [4.78, 5) is 2.24. The molecule has 2 atom stereocenters. The molecule has 0 aromatic heterocycles. The molecule has 0 spiro atoms. The van der Waals surface area contributed by atoms with Gasteiger partial charge in [-0.2, -0.15) is 0 Å². The average Bonchev–Trinajstić information content (AvgIpc) is 2.75. The van der Waals surface area contributed by atoms with Crippen molar-refractivity contribution in [3.05, 3.63) is 29.6 Å². The second-order valence-corrected chi connectivity index (χ2v) is 4.75. The Morgan fingerprint density at radius 2 is 2.29 bits per heavy atom. The van der Waals surface area contributed by atoms with Crippen LogP contribution >= 0.6 is 0 Å². The number of aliphatic hydroxyl groups excluding tert-OH is 1. The number of halogens is 1. The Hall–Kier alpha value is -1.09. The van der Waals surface area contributed by atoms with Crippen molar-refractivity contribution in [2.75, 3.05) is 11.4 Å². The van der Waals surface area contributed by atoms with Gasteiger partial charge in [-0.05, 0) is 38.3 Å². The van der Waals surface area contributed by atoms with Gasteiger partial charge >= 0.3 is 0 Å². The summed E-state index contributed by atoms with van der Waals surface area (Å²) in [6.45, 7) is 4.74. The molecule has 0 aliphatic carbocycles. The predicted octanol–water partition coefficient (Wildman–Crippen LogP) is 3.26. The fraction of sp³-hybridized carbons (Fsp3) is 0.571. The monoisotopic (exact) mass is 237 g/mol. The zero-order chi connectivity index (χ0) is 12.4. The van der Waals surface area contributed by atoms with Crippen molar-refractivity contribution < 1.29 is 9.50 Å². The topological polar surface area (TPSA) is 23.5 Å². The van der Waals surface area contributed by atoms with Crippen molar-refractivity contribution in [3.63, 3.8) is 0 Å². The van der Waals surface area contributed by atoms with E-state index in [0.717, 1.165) is 31.5 Å². The van der Waals surface area contributed by atoms with E-state index < -0.39 is 6.10 Å². The Bertz CT molecular complexity index is 392. The lowest BCUT2D eigenvalue weighted by atomic mass is 10.0. The molecule has 0 radical (unpaired) electrons. The largest absolute Gasteiger partial charge is 0.389 e. The van der Waals surface area contributed by atoms with Gasteiger partial charge in [0.05, 0.1) is 6.10 Å². The van der Waals surface area contributed by atoms with Crippen LogP contribution in [0.1, 0.15) is 44.8 Å². The standard InChI is InChI=1S/C14H20FNO/c1-3-11-6-5-9-16(11)13-8-4-7-12(15)14(13)10(2)17/h4,7-8,10-11,17H,3,5-6,9H2,1-2H3. The molecule has 17 heavy (non-hydrogen) atoms. The van der Waals surface area contributed by atoms with Gasteiger partial charge in [-0.15, -0.1) is 0 Å². The number of benzene rings is 1. The number of rotatable bonds is 3. The molecule has 0 amide bonds. The molecule has 2 unspecified atom stereocenters. The van der Waals surface area contributed by atoms with E-state index in [1.54, 1.807) is 13.0 Å². The maximum Gasteiger partial charge on any atom is 0.131 e. The summed E-state index contributed by atoms with van der Waals surface area (Å²) in [7, 11) is 0. The van der Waals surface area contributed by atoms with Gasteiger partial charge in [0.25, 0.3) is 0 Å². The smallest absolute Gasteiger partial charge is 0.131 e. The molecule has 1 aliphatic heterocycles. The van der Waals surface area contributed by atoms with E-state index in [2.05, 4.69) is 11.8 Å². The molecule has 2 nitrogen and oxygen atoms in total. The van der Waals surface area contributed by atoms with E-state index >= 15 is 0 Å². The van der Waals surface area contributed by atoms with Crippen molar-refractivity contribution in [3.8, 4) is 0 Å². The lowest BCUT2D eigenvalue weighted by molar-refractivity contribution is 0.194. The molecule has 1 aliphatic rings. The Kier molecular flexibility index (Phi) is 3.67. The molecule has 1 aromatic carbocycles. The minimum absolute atomic E-state index is 0.306. The Labute approximate surface area is 102 Å². The maximum absolute atomic E-state index is 13.8. The van der Waals surface area contributed by atoms with Crippen molar-refractivity contribution in [2.45, 2.75) is 45.3 Å². The predicted molar refractivity (Wildman–Crippen MR) is 67.7 cm³/mol. The Balaban J connectivity index is 2.40. The second kappa shape index (κ2) is 5.05. The first-order valence-corrected chi connectivity index (χ1v) is 6.38. The Morgan fingerprint density at radius 1 is 1.53 bits per heavy atom. The van der Waals surface area contributed by atoms with Crippen LogP contribution < -0.4 is 4.90 Å². The summed E-state index contributed by atoms with van der Waals surface area (Å²) in [6, 6.07) is 5.54. The minimum atomic E-state index is -0.760. The van der Waals surface area contributed by atoms with Crippen LogP contribution in [-0.4, -0.2) is 17.7 Å². The molecular formula is C14H20FNO. The number of aliphatic hydroxyl groups is 1. The zero-order valence-electron chi connectivity index (χ0n) is 10.5. The zero-order valence-corrected chi connectivity index (χ0v) is 10.5. The lowest BCUT2D eigenvalue weighted by Gasteiger charge is -2.29. The van der Waals surface area contributed by atoms with Crippen molar-refractivity contribution >= 4 is 5.69 Å². The van der Waals surface area contributed by atoms with Gasteiger partial charge in [0.2, 0.25) is 0 Å². The third-order valence-corrected chi connectivity index (χ3v) is 3.61. The van der Waals surface area contributed by atoms with Crippen LogP contribution in [-0.2, 0) is 0 Å². The highest BCUT2D eigenvalue weighted by Crippen LogP contribution is 2.34. The van der Waals surface area contributed by atoms with Gasteiger partial charge < -0.3 is 10.0 Å². The van der Waals surface area contributed by atoms with E-state index in [1.165, 1.54) is 6.07 Å². The second-order valence-electron chi connectivity index (χ2n) is 4.75. The number of nitrogens with zero attached hydrogens (tertiary/aromatic N) is 1. The summed E-state index contributed by atoms with van der Waals surface area (Å²) in [5.41, 5.74) is 1.30. The van der Waals surface area contributed by atoms with Crippen LogP contribution in [0, 0.1) is 5.82 Å². The molecule has 94 valence electrons. The molecule has 3 heteroatoms. The van der Waals surface area contributed by atoms with Gasteiger partial charge in [0.1, 0.15) is 5.82 Å². The van der Waals surface area contributed by atoms with Gasteiger partial charge in [0, 0.05) is 23.8 Å². The number of hydrogen-bond acceptors (Lipinski definition) is 2. The summed E-state index contributed by atoms with van der Waals surface area (Å²) >= 11 is 0. The van der Waals surface area contributed by atoms with Gasteiger partial charge in [-0.25, -0.2) is 4.39 Å². The Morgan fingerprint density at radius 3 is 2.94 bits per heavy atom. The molecule has 1 N–H and O–H groups in total. The van der Waals surface area contributed by atoms with E-state index in [-0.39, 0.29) is 5.82 Å². The molecule has 2 rings (SSSR count). The first-order valence-electron chi connectivity index (χ1n) is 6.38. The molecule has 1 aromatic rings. The number of anilines is 1. The molecule has 1 heterocycles. The fourth-order valence-electron chi connectivity index (χ4n) is 2.77. The highest BCUT2D eigenvalue weighted by molar-refractivity contribution is 5.56. The van der Waals surface area contributed by atoms with E-state index in [4.69, 9.17) is 0 Å². The third-order valence-electron chi connectivity index (χ3n) is 3.61. The molecular weight excluding hydrogens is 217 g/mol. The van der Waals surface area contributed by atoms with Crippen molar-refractivity contribution in [2.24, 2.45) is 0 Å². The summed E-state index contributed by atoms with van der Waals surface area (Å²) in [6.07, 6.45) is 2.61. The van der Waals surface area contributed by atoms with Crippen molar-refractivity contribution in [1.82, 2.24) is 0 Å². The SMILES string of the molecule is CCC1CCCN1c1cccc(F)c1C(C)O. The van der Waals surface area contributed by atoms with Gasteiger partial charge in [-0.3, -0.25) is 0 Å². The third kappa shape index (κ3) is 2.29. The fourth-order valence-corrected chi connectivity index (χ4v) is 2.77. The first-order chi connectivity index (χ1) is 8.15. The summed E-state index contributed by atoms with van der Waals surface area (Å²) in [5.74, 6) is -0.306. The van der Waals surface area contributed by atoms with E-state index in [1.807, 2.05) is 6.07 Å². The lowest BCUT2D eigenvalue weighted by Crippen LogP contribution is -2.29. The van der Waals surface area contributed by atoms with Crippen LogP contribution in [0.15, 0.2) is 18.2 Å². The molecule has 1 saturated heterocycles. The van der Waals surface area contributed by atoms with E-state index in [0.29, 0.717) is 11.6 Å². The maximum atomic E-state index is 13.8. The van der Waals surface area contributed by atoms with Crippen LogP contribution in [0.25, 0.3) is 0 Å². The number of hydrogen-bond donors (Lipinski definition) is 1. The molecule has 0 saturated carbocycles. The van der Waals surface area contributed by atoms with Crippen LogP contribution in [0.2, 0.25) is 0 Å². The van der Waals surface area contributed by atoms with E-state index in [9.17, 15) is 9.50 Å². The highest BCUT2D eigenvalue weighted by atomic mass is 19.1. The van der Waals surface area contributed by atoms with Crippen LogP contribution in [0.4, 0.5) is 10.1 Å². The quantitative estimate of drug-likeness (QED) is 0.872. The van der Waals surface area contributed by atoms with Crippen LogP contribution in [0.5, 0.6) is 0 Å².